The fourth-order valence-electron chi connectivity index (χ4n) is 2.48. The van der Waals surface area contributed by atoms with Crippen LogP contribution in [0.3, 0.4) is 0 Å². The molecular weight excluding hydrogens is 192 g/mol. The molecule has 2 aliphatic heterocycles. The number of nitrogens with one attached hydrogen (secondary N) is 1. The molecule has 0 aromatic carbocycles. The second-order valence-electron chi connectivity index (χ2n) is 4.68. The SMILES string of the molecule is CC1NC(C)N(CC2CCOC2C)C1=O. The lowest BCUT2D eigenvalue weighted by molar-refractivity contribution is -0.130. The zero-order valence-electron chi connectivity index (χ0n) is 9.69. The summed E-state index contributed by atoms with van der Waals surface area (Å²) in [7, 11) is 0. The standard InChI is InChI=1S/C11H20N2O2/c1-7-11(14)13(9(3)12-7)6-10-4-5-15-8(10)2/h7-10,12H,4-6H2,1-3H3. The highest BCUT2D eigenvalue weighted by Gasteiger charge is 2.36. The number of carbonyl (C=O) groups excluding carboxylic acids is 1. The summed E-state index contributed by atoms with van der Waals surface area (Å²) in [6.45, 7) is 7.73. The quantitative estimate of drug-likeness (QED) is 0.728. The number of hydrogen-bond acceptors (Lipinski definition) is 3. The van der Waals surface area contributed by atoms with E-state index in [1.165, 1.54) is 0 Å². The maximum absolute atomic E-state index is 11.8. The Hall–Kier alpha value is -0.610. The van der Waals surface area contributed by atoms with Crippen molar-refractivity contribution >= 4 is 5.91 Å². The van der Waals surface area contributed by atoms with Crippen LogP contribution in [-0.2, 0) is 9.53 Å². The average molecular weight is 212 g/mol. The summed E-state index contributed by atoms with van der Waals surface area (Å²) in [6.07, 6.45) is 1.53. The van der Waals surface area contributed by atoms with Gasteiger partial charge in [0.2, 0.25) is 5.91 Å². The molecule has 86 valence electrons. The van der Waals surface area contributed by atoms with Crippen LogP contribution in [-0.4, -0.2) is 42.3 Å². The number of amides is 1. The van der Waals surface area contributed by atoms with Crippen molar-refractivity contribution in [2.75, 3.05) is 13.2 Å². The Balaban J connectivity index is 1.96. The number of hydrogen-bond donors (Lipinski definition) is 1. The second kappa shape index (κ2) is 4.10. The van der Waals surface area contributed by atoms with E-state index in [1.807, 2.05) is 18.7 Å². The number of carbonyl (C=O) groups is 1. The van der Waals surface area contributed by atoms with Crippen molar-refractivity contribution in [3.05, 3.63) is 0 Å². The van der Waals surface area contributed by atoms with Crippen LogP contribution < -0.4 is 5.32 Å². The van der Waals surface area contributed by atoms with Gasteiger partial charge in [0.25, 0.3) is 0 Å². The molecule has 1 N–H and O–H groups in total. The largest absolute Gasteiger partial charge is 0.378 e. The van der Waals surface area contributed by atoms with Crippen molar-refractivity contribution in [1.82, 2.24) is 10.2 Å². The molecule has 2 fully saturated rings. The molecule has 0 aromatic heterocycles. The normalized spacial score (nSPS) is 41.5. The van der Waals surface area contributed by atoms with Gasteiger partial charge in [-0.25, -0.2) is 0 Å². The molecular formula is C11H20N2O2. The topological polar surface area (TPSA) is 41.6 Å². The van der Waals surface area contributed by atoms with E-state index < -0.39 is 0 Å². The molecule has 0 aliphatic carbocycles. The molecule has 4 nitrogen and oxygen atoms in total. The van der Waals surface area contributed by atoms with Gasteiger partial charge >= 0.3 is 0 Å². The van der Waals surface area contributed by atoms with Gasteiger partial charge in [0.05, 0.1) is 18.3 Å². The first-order chi connectivity index (χ1) is 7.09. The van der Waals surface area contributed by atoms with Crippen LogP contribution in [0.15, 0.2) is 0 Å². The molecule has 1 amide bonds. The van der Waals surface area contributed by atoms with Crippen LogP contribution in [0.4, 0.5) is 0 Å². The van der Waals surface area contributed by atoms with E-state index in [2.05, 4.69) is 12.2 Å². The summed E-state index contributed by atoms with van der Waals surface area (Å²) in [5, 5.41) is 3.24. The maximum atomic E-state index is 11.8. The highest BCUT2D eigenvalue weighted by atomic mass is 16.5. The van der Waals surface area contributed by atoms with Crippen LogP contribution in [0.2, 0.25) is 0 Å². The minimum atomic E-state index is -0.0300. The van der Waals surface area contributed by atoms with Gasteiger partial charge in [0, 0.05) is 19.1 Å². The van der Waals surface area contributed by atoms with Gasteiger partial charge in [-0.3, -0.25) is 10.1 Å². The lowest BCUT2D eigenvalue weighted by Gasteiger charge is -2.25. The molecule has 2 rings (SSSR count). The van der Waals surface area contributed by atoms with Crippen LogP contribution in [0.25, 0.3) is 0 Å². The van der Waals surface area contributed by atoms with Gasteiger partial charge in [-0.1, -0.05) is 0 Å². The van der Waals surface area contributed by atoms with Gasteiger partial charge in [-0.15, -0.1) is 0 Å². The molecule has 4 heteroatoms. The van der Waals surface area contributed by atoms with Crippen LogP contribution in [0, 0.1) is 5.92 Å². The summed E-state index contributed by atoms with van der Waals surface area (Å²) in [4.78, 5) is 13.8. The highest BCUT2D eigenvalue weighted by molar-refractivity contribution is 5.83. The van der Waals surface area contributed by atoms with E-state index in [-0.39, 0.29) is 18.1 Å². The van der Waals surface area contributed by atoms with E-state index in [0.717, 1.165) is 19.6 Å². The molecule has 0 aromatic rings. The summed E-state index contributed by atoms with van der Waals surface area (Å²) < 4.78 is 5.51. The van der Waals surface area contributed by atoms with Crippen molar-refractivity contribution in [2.24, 2.45) is 5.92 Å². The van der Waals surface area contributed by atoms with E-state index in [1.54, 1.807) is 0 Å². The zero-order chi connectivity index (χ0) is 11.0. The van der Waals surface area contributed by atoms with Gasteiger partial charge < -0.3 is 9.64 Å². The van der Waals surface area contributed by atoms with Crippen molar-refractivity contribution in [3.63, 3.8) is 0 Å². The highest BCUT2D eigenvalue weighted by Crippen LogP contribution is 2.23. The molecule has 0 saturated carbocycles. The Labute approximate surface area is 91.0 Å². The first-order valence-electron chi connectivity index (χ1n) is 5.77. The van der Waals surface area contributed by atoms with Gasteiger partial charge in [0.1, 0.15) is 0 Å². The van der Waals surface area contributed by atoms with Gasteiger partial charge in [0.15, 0.2) is 0 Å². The lowest BCUT2D eigenvalue weighted by atomic mass is 10.0. The molecule has 4 atom stereocenters. The van der Waals surface area contributed by atoms with Crippen molar-refractivity contribution < 1.29 is 9.53 Å². The Kier molecular flexibility index (Phi) is 2.98. The van der Waals surface area contributed by atoms with E-state index >= 15 is 0 Å². The van der Waals surface area contributed by atoms with Crippen LogP contribution in [0.1, 0.15) is 27.2 Å². The minimum Gasteiger partial charge on any atom is -0.378 e. The first kappa shape index (κ1) is 10.9. The minimum absolute atomic E-state index is 0.0300. The molecule has 2 heterocycles. The van der Waals surface area contributed by atoms with Crippen molar-refractivity contribution in [2.45, 2.75) is 45.5 Å². The van der Waals surface area contributed by atoms with E-state index in [0.29, 0.717) is 12.0 Å². The third-order valence-corrected chi connectivity index (χ3v) is 3.58. The Bertz CT molecular complexity index is 257. The average Bonchev–Trinajstić information content (AvgIpc) is 2.67. The monoisotopic (exact) mass is 212 g/mol. The van der Waals surface area contributed by atoms with E-state index in [4.69, 9.17) is 4.74 Å². The number of nitrogens with zero attached hydrogens (tertiary/aromatic N) is 1. The molecule has 0 radical (unpaired) electrons. The Morgan fingerprint density at radius 1 is 1.47 bits per heavy atom. The lowest BCUT2D eigenvalue weighted by Crippen LogP contribution is -2.39. The maximum Gasteiger partial charge on any atom is 0.240 e. The second-order valence-corrected chi connectivity index (χ2v) is 4.68. The smallest absolute Gasteiger partial charge is 0.240 e. The molecule has 4 unspecified atom stereocenters. The van der Waals surface area contributed by atoms with Gasteiger partial charge in [-0.2, -0.15) is 0 Å². The summed E-state index contributed by atoms with van der Waals surface area (Å²) in [5.41, 5.74) is 0. The molecule has 0 spiro atoms. The van der Waals surface area contributed by atoms with Crippen LogP contribution in [0.5, 0.6) is 0 Å². The predicted octanol–water partition coefficient (Wildman–Crippen LogP) is 0.578. The summed E-state index contributed by atoms with van der Waals surface area (Å²) >= 11 is 0. The van der Waals surface area contributed by atoms with Crippen LogP contribution >= 0.6 is 0 Å². The molecule has 2 aliphatic rings. The Morgan fingerprint density at radius 3 is 2.67 bits per heavy atom. The predicted molar refractivity (Wildman–Crippen MR) is 57.3 cm³/mol. The fourth-order valence-corrected chi connectivity index (χ4v) is 2.48. The molecule has 15 heavy (non-hydrogen) atoms. The summed E-state index contributed by atoms with van der Waals surface area (Å²) in [6, 6.07) is -0.0300. The fraction of sp³-hybridized carbons (Fsp3) is 0.909. The number of ether oxygens (including phenoxy) is 1. The molecule has 0 bridgehead atoms. The van der Waals surface area contributed by atoms with E-state index in [9.17, 15) is 4.79 Å². The third-order valence-electron chi connectivity index (χ3n) is 3.58. The van der Waals surface area contributed by atoms with Crippen molar-refractivity contribution in [3.8, 4) is 0 Å². The van der Waals surface area contributed by atoms with Gasteiger partial charge in [-0.05, 0) is 27.2 Å². The molecule has 2 saturated heterocycles. The Morgan fingerprint density at radius 2 is 2.20 bits per heavy atom. The number of rotatable bonds is 2. The first-order valence-corrected chi connectivity index (χ1v) is 5.77. The zero-order valence-corrected chi connectivity index (χ0v) is 9.69. The van der Waals surface area contributed by atoms with Crippen molar-refractivity contribution in [1.29, 1.82) is 0 Å². The third kappa shape index (κ3) is 2.01. The summed E-state index contributed by atoms with van der Waals surface area (Å²) in [5.74, 6) is 0.727.